The van der Waals surface area contributed by atoms with Crippen LogP contribution in [0.1, 0.15) is 71.1 Å². The van der Waals surface area contributed by atoms with Crippen molar-refractivity contribution in [3.8, 4) is 0 Å². The first-order chi connectivity index (χ1) is 20.2. The monoisotopic (exact) mass is 702 g/mol. The highest BCUT2D eigenvalue weighted by Crippen LogP contribution is 2.26. The average Bonchev–Trinajstić information content (AvgIpc) is 2.90. The van der Waals surface area contributed by atoms with Gasteiger partial charge in [0, 0.05) is 6.04 Å². The van der Waals surface area contributed by atoms with Crippen LogP contribution in [0.25, 0.3) is 0 Å². The molecule has 0 fully saturated rings. The van der Waals surface area contributed by atoms with Crippen LogP contribution in [0.3, 0.4) is 0 Å². The van der Waals surface area contributed by atoms with Gasteiger partial charge in [-0.2, -0.15) is 0 Å². The summed E-state index contributed by atoms with van der Waals surface area (Å²) in [6, 6.07) is 13.6. The van der Waals surface area contributed by atoms with Gasteiger partial charge in [0.15, 0.2) is 27.1 Å². The molecular weight excluding hydrogens is 633 g/mol. The lowest BCUT2D eigenvalue weighted by atomic mass is 10.1. The zero-order valence-electron chi connectivity index (χ0n) is 30.2. The number of rotatable bonds is 26. The molecule has 252 valence electrons. The molecule has 1 aromatic carbocycles. The molecule has 0 aliphatic heterocycles. The summed E-state index contributed by atoms with van der Waals surface area (Å²) in [5.74, 6) is 0. The maximum atomic E-state index is 6.64. The molecular formula is C32H70O5Si6. The van der Waals surface area contributed by atoms with Crippen molar-refractivity contribution in [1.82, 2.24) is 0 Å². The molecule has 1 rings (SSSR count). The predicted octanol–water partition coefficient (Wildman–Crippen LogP) is 8.33. The molecule has 0 aliphatic rings. The van der Waals surface area contributed by atoms with Gasteiger partial charge in [-0.3, -0.25) is 0 Å². The summed E-state index contributed by atoms with van der Waals surface area (Å²) >= 11 is 0. The summed E-state index contributed by atoms with van der Waals surface area (Å²) in [5.41, 5.74) is 0. The van der Waals surface area contributed by atoms with E-state index in [2.05, 4.69) is 89.7 Å². The van der Waals surface area contributed by atoms with E-state index in [1.807, 2.05) is 6.92 Å². The van der Waals surface area contributed by atoms with Gasteiger partial charge in [0.25, 0.3) is 0 Å². The van der Waals surface area contributed by atoms with E-state index in [0.717, 1.165) is 25.5 Å². The second-order valence-corrected chi connectivity index (χ2v) is 35.2. The van der Waals surface area contributed by atoms with Gasteiger partial charge in [-0.15, -0.1) is 0 Å². The van der Waals surface area contributed by atoms with Crippen molar-refractivity contribution in [1.29, 1.82) is 0 Å². The molecule has 43 heavy (non-hydrogen) atoms. The standard InChI is InChI=1S/C32H70O5Si6/c1-12-33-34-27-20-18-16-14-13-15-17-19-21-28-41(8,9)31-23-25-32(26-24-31)42(10,11)29-22-30-43(35-38(2)3,36-39(4)5)37-40(6)7/h23-26,38-40H,12-22,27-30H2,1-11H3. The molecule has 0 atom stereocenters. The van der Waals surface area contributed by atoms with Crippen LogP contribution >= 0.6 is 0 Å². The van der Waals surface area contributed by atoms with Gasteiger partial charge in [-0.25, -0.2) is 9.78 Å². The Morgan fingerprint density at radius 2 is 0.860 bits per heavy atom. The van der Waals surface area contributed by atoms with Gasteiger partial charge in [0.05, 0.1) is 29.4 Å². The number of benzene rings is 1. The molecule has 0 heterocycles. The molecule has 0 saturated heterocycles. The Hall–Kier alpha value is 0.321. The summed E-state index contributed by atoms with van der Waals surface area (Å²) in [4.78, 5) is 10.0. The van der Waals surface area contributed by atoms with Crippen LogP contribution < -0.4 is 10.4 Å². The lowest BCUT2D eigenvalue weighted by Gasteiger charge is -2.36. The average molecular weight is 703 g/mol. The lowest BCUT2D eigenvalue weighted by Crippen LogP contribution is -2.53. The topological polar surface area (TPSA) is 46.2 Å². The van der Waals surface area contributed by atoms with E-state index < -0.39 is 52.1 Å². The molecule has 0 saturated carbocycles. The summed E-state index contributed by atoms with van der Waals surface area (Å²) in [7, 11) is -9.22. The Balaban J connectivity index is 2.51. The molecule has 0 radical (unpaired) electrons. The summed E-state index contributed by atoms with van der Waals surface area (Å²) in [6.07, 6.45) is 13.1. The molecule has 1 aromatic rings. The fraction of sp³-hybridized carbons (Fsp3) is 0.812. The Morgan fingerprint density at radius 1 is 0.488 bits per heavy atom. The van der Waals surface area contributed by atoms with Gasteiger partial charge in [0.2, 0.25) is 0 Å². The first-order valence-corrected chi connectivity index (χ1v) is 34.3. The smallest absolute Gasteiger partial charge is 0.420 e. The molecule has 0 amide bonds. The van der Waals surface area contributed by atoms with E-state index in [0.29, 0.717) is 6.61 Å². The van der Waals surface area contributed by atoms with Gasteiger partial charge in [-0.05, 0) is 52.6 Å². The molecule has 0 unspecified atom stereocenters. The Morgan fingerprint density at radius 3 is 1.26 bits per heavy atom. The highest BCUT2D eigenvalue weighted by Gasteiger charge is 2.43. The molecule has 0 bridgehead atoms. The normalized spacial score (nSPS) is 13.2. The van der Waals surface area contributed by atoms with E-state index >= 15 is 0 Å². The Labute approximate surface area is 275 Å². The minimum Gasteiger partial charge on any atom is -0.420 e. The van der Waals surface area contributed by atoms with Crippen molar-refractivity contribution < 1.29 is 22.1 Å². The summed E-state index contributed by atoms with van der Waals surface area (Å²) in [5, 5.41) is 3.22. The quantitative estimate of drug-likeness (QED) is 0.0421. The largest absolute Gasteiger partial charge is 0.468 e. The minimum absolute atomic E-state index is 0.635. The van der Waals surface area contributed by atoms with E-state index in [4.69, 9.17) is 22.1 Å². The Bertz CT molecular complexity index is 810. The van der Waals surface area contributed by atoms with Crippen molar-refractivity contribution in [3.63, 3.8) is 0 Å². The third-order valence-corrected chi connectivity index (χ3v) is 26.1. The summed E-state index contributed by atoms with van der Waals surface area (Å²) < 4.78 is 19.9. The van der Waals surface area contributed by atoms with Crippen LogP contribution in [0.5, 0.6) is 0 Å². The zero-order chi connectivity index (χ0) is 32.4. The highest BCUT2D eigenvalue weighted by atomic mass is 28.5. The van der Waals surface area contributed by atoms with Crippen molar-refractivity contribution >= 4 is 62.4 Å². The fourth-order valence-electron chi connectivity index (χ4n) is 5.85. The maximum absolute atomic E-state index is 6.64. The first-order valence-electron chi connectivity index (χ1n) is 17.6. The zero-order valence-corrected chi connectivity index (χ0v) is 36.7. The minimum atomic E-state index is -2.55. The number of hydrogen-bond donors (Lipinski definition) is 0. The van der Waals surface area contributed by atoms with E-state index in [9.17, 15) is 0 Å². The highest BCUT2D eigenvalue weighted by molar-refractivity contribution is 6.91. The number of unbranched alkanes of at least 4 members (excludes halogenated alkanes) is 8. The predicted molar refractivity (Wildman–Crippen MR) is 204 cm³/mol. The second-order valence-electron chi connectivity index (χ2n) is 14.5. The molecule has 0 N–H and O–H groups in total. The van der Waals surface area contributed by atoms with Gasteiger partial charge < -0.3 is 12.3 Å². The first kappa shape index (κ1) is 41.3. The van der Waals surface area contributed by atoms with E-state index in [-0.39, 0.29) is 0 Å². The van der Waals surface area contributed by atoms with Crippen molar-refractivity contribution in [2.45, 2.75) is 155 Å². The van der Waals surface area contributed by atoms with Crippen LogP contribution in [0.15, 0.2) is 24.3 Å². The van der Waals surface area contributed by atoms with E-state index in [1.165, 1.54) is 63.5 Å². The van der Waals surface area contributed by atoms with Crippen LogP contribution in [0.2, 0.25) is 83.6 Å². The maximum Gasteiger partial charge on any atom is 0.468 e. The van der Waals surface area contributed by atoms with E-state index in [1.54, 1.807) is 10.4 Å². The SMILES string of the molecule is CCOOCCCCCCCCCCC[Si](C)(C)c1ccc([Si](C)(C)CCC[Si](O[SiH](C)C)(O[SiH](C)C)O[SiH](C)C)cc1. The third kappa shape index (κ3) is 18.3. The lowest BCUT2D eigenvalue weighted by molar-refractivity contribution is -0.291. The van der Waals surface area contributed by atoms with Gasteiger partial charge in [0.1, 0.15) is 0 Å². The van der Waals surface area contributed by atoms with Crippen molar-refractivity contribution in [3.05, 3.63) is 24.3 Å². The molecule has 0 aromatic heterocycles. The van der Waals surface area contributed by atoms with Crippen LogP contribution in [0.4, 0.5) is 0 Å². The van der Waals surface area contributed by atoms with Crippen LogP contribution in [-0.4, -0.2) is 65.3 Å². The summed E-state index contributed by atoms with van der Waals surface area (Å²) in [6.45, 7) is 27.1. The fourth-order valence-corrected chi connectivity index (χ4v) is 23.9. The molecule has 0 aliphatic carbocycles. The van der Waals surface area contributed by atoms with Crippen LogP contribution in [0, 0.1) is 0 Å². The molecule has 11 heteroatoms. The van der Waals surface area contributed by atoms with Crippen LogP contribution in [-0.2, 0) is 22.1 Å². The van der Waals surface area contributed by atoms with Crippen molar-refractivity contribution in [2.24, 2.45) is 0 Å². The Kier molecular flexibility index (Phi) is 21.1. The van der Waals surface area contributed by atoms with Crippen molar-refractivity contribution in [2.75, 3.05) is 13.2 Å². The third-order valence-electron chi connectivity index (χ3n) is 8.21. The van der Waals surface area contributed by atoms with Gasteiger partial charge in [-0.1, -0.05) is 131 Å². The molecule has 0 spiro atoms. The van der Waals surface area contributed by atoms with Gasteiger partial charge >= 0.3 is 8.80 Å². The number of hydrogen-bond acceptors (Lipinski definition) is 5. The molecule has 5 nitrogen and oxygen atoms in total. The second kappa shape index (κ2) is 22.0.